The molecule has 2 nitrogen and oxygen atoms in total. The highest BCUT2D eigenvalue weighted by Gasteiger charge is 2.07. The van der Waals surface area contributed by atoms with Crippen LogP contribution in [-0.4, -0.2) is 11.5 Å². The summed E-state index contributed by atoms with van der Waals surface area (Å²) in [4.78, 5) is 4.38. The number of aromatic nitrogens is 1. The first-order valence-electron chi connectivity index (χ1n) is 5.87. The monoisotopic (exact) mass is 264 g/mol. The van der Waals surface area contributed by atoms with Crippen molar-refractivity contribution in [2.45, 2.75) is 13.3 Å². The molecule has 0 amide bonds. The van der Waals surface area contributed by atoms with Crippen LogP contribution >= 0.6 is 11.6 Å². The zero-order valence-corrected chi connectivity index (χ0v) is 10.8. The van der Waals surface area contributed by atoms with Gasteiger partial charge in [-0.1, -0.05) is 24.6 Å². The Labute approximate surface area is 111 Å². The minimum atomic E-state index is -0.359. The van der Waals surface area contributed by atoms with E-state index in [1.54, 1.807) is 18.2 Å². The van der Waals surface area contributed by atoms with E-state index in [4.69, 9.17) is 11.6 Å². The molecule has 0 aliphatic carbocycles. The smallest absolute Gasteiger partial charge is 0.134 e. The average molecular weight is 265 g/mol. The van der Waals surface area contributed by atoms with Crippen molar-refractivity contribution in [1.82, 2.24) is 4.98 Å². The van der Waals surface area contributed by atoms with E-state index >= 15 is 0 Å². The standard InChI is InChI=1S/C14H14ClFN2/c1-2-8-17-14-5-3-4-13(18-14)11-7-6-10(15)9-12(11)16/h3-7,9H,2,8H2,1H3,(H,17,18). The summed E-state index contributed by atoms with van der Waals surface area (Å²) in [7, 11) is 0. The number of nitrogens with zero attached hydrogens (tertiary/aromatic N) is 1. The summed E-state index contributed by atoms with van der Waals surface area (Å²) in [5, 5.41) is 3.56. The fourth-order valence-corrected chi connectivity index (χ4v) is 1.79. The summed E-state index contributed by atoms with van der Waals surface area (Å²) < 4.78 is 13.8. The van der Waals surface area contributed by atoms with Crippen LogP contribution in [0.1, 0.15) is 13.3 Å². The van der Waals surface area contributed by atoms with Gasteiger partial charge in [-0.05, 0) is 36.8 Å². The molecule has 0 fully saturated rings. The van der Waals surface area contributed by atoms with Crippen LogP contribution in [0.25, 0.3) is 11.3 Å². The van der Waals surface area contributed by atoms with Gasteiger partial charge in [0.1, 0.15) is 11.6 Å². The summed E-state index contributed by atoms with van der Waals surface area (Å²) >= 11 is 5.73. The predicted molar refractivity (Wildman–Crippen MR) is 73.4 cm³/mol. The van der Waals surface area contributed by atoms with Gasteiger partial charge in [0.2, 0.25) is 0 Å². The lowest BCUT2D eigenvalue weighted by molar-refractivity contribution is 0.631. The predicted octanol–water partition coefficient (Wildman–Crippen LogP) is 4.36. The summed E-state index contributed by atoms with van der Waals surface area (Å²) in [6.45, 7) is 2.93. The molecule has 1 aromatic heterocycles. The molecule has 0 saturated heterocycles. The molecule has 0 atom stereocenters. The molecule has 2 rings (SSSR count). The normalized spacial score (nSPS) is 10.4. The van der Waals surface area contributed by atoms with E-state index in [1.807, 2.05) is 12.1 Å². The maximum atomic E-state index is 13.8. The summed E-state index contributed by atoms with van der Waals surface area (Å²) in [6.07, 6.45) is 1.02. The fraction of sp³-hybridized carbons (Fsp3) is 0.214. The molecule has 18 heavy (non-hydrogen) atoms. The summed E-state index contributed by atoms with van der Waals surface area (Å²) in [5.41, 5.74) is 1.06. The first kappa shape index (κ1) is 12.8. The van der Waals surface area contributed by atoms with Crippen LogP contribution in [0, 0.1) is 5.82 Å². The van der Waals surface area contributed by atoms with E-state index in [9.17, 15) is 4.39 Å². The minimum absolute atomic E-state index is 0.359. The first-order valence-corrected chi connectivity index (χ1v) is 6.25. The third-order valence-electron chi connectivity index (χ3n) is 2.51. The van der Waals surface area contributed by atoms with Crippen molar-refractivity contribution in [3.05, 3.63) is 47.2 Å². The molecule has 0 unspecified atom stereocenters. The van der Waals surface area contributed by atoms with Gasteiger partial charge in [-0.25, -0.2) is 9.37 Å². The number of anilines is 1. The Morgan fingerprint density at radius 1 is 1.28 bits per heavy atom. The Morgan fingerprint density at radius 3 is 2.83 bits per heavy atom. The molecular weight excluding hydrogens is 251 g/mol. The third-order valence-corrected chi connectivity index (χ3v) is 2.75. The molecule has 0 saturated carbocycles. The zero-order valence-electron chi connectivity index (χ0n) is 10.1. The fourth-order valence-electron chi connectivity index (χ4n) is 1.63. The van der Waals surface area contributed by atoms with Crippen LogP contribution in [0.15, 0.2) is 36.4 Å². The Kier molecular flexibility index (Phi) is 4.15. The number of halogens is 2. The SMILES string of the molecule is CCCNc1cccc(-c2ccc(Cl)cc2F)n1. The zero-order chi connectivity index (χ0) is 13.0. The molecule has 0 aliphatic rings. The lowest BCUT2D eigenvalue weighted by Gasteiger charge is -2.07. The second-order valence-electron chi connectivity index (χ2n) is 3.96. The van der Waals surface area contributed by atoms with Gasteiger partial charge in [-0.15, -0.1) is 0 Å². The van der Waals surface area contributed by atoms with Crippen LogP contribution in [0.2, 0.25) is 5.02 Å². The van der Waals surface area contributed by atoms with Gasteiger partial charge in [0.15, 0.2) is 0 Å². The number of rotatable bonds is 4. The Balaban J connectivity index is 2.32. The molecule has 0 spiro atoms. The van der Waals surface area contributed by atoms with Gasteiger partial charge in [0, 0.05) is 17.1 Å². The van der Waals surface area contributed by atoms with Crippen molar-refractivity contribution in [3.8, 4) is 11.3 Å². The lowest BCUT2D eigenvalue weighted by Crippen LogP contribution is -2.02. The van der Waals surface area contributed by atoms with Crippen LogP contribution in [0.5, 0.6) is 0 Å². The van der Waals surface area contributed by atoms with Gasteiger partial charge in [-0.2, -0.15) is 0 Å². The van der Waals surface area contributed by atoms with Gasteiger partial charge in [-0.3, -0.25) is 0 Å². The largest absolute Gasteiger partial charge is 0.370 e. The average Bonchev–Trinajstić information content (AvgIpc) is 2.36. The van der Waals surface area contributed by atoms with Gasteiger partial charge in [0.25, 0.3) is 0 Å². The molecule has 94 valence electrons. The molecule has 2 aromatic rings. The number of pyridine rings is 1. The molecule has 0 bridgehead atoms. The topological polar surface area (TPSA) is 24.9 Å². The summed E-state index contributed by atoms with van der Waals surface area (Å²) in [6, 6.07) is 10.1. The van der Waals surface area contributed by atoms with Crippen molar-refractivity contribution in [2.24, 2.45) is 0 Å². The maximum Gasteiger partial charge on any atom is 0.134 e. The first-order chi connectivity index (χ1) is 8.70. The van der Waals surface area contributed by atoms with Crippen LogP contribution in [-0.2, 0) is 0 Å². The maximum absolute atomic E-state index is 13.8. The molecular formula is C14H14ClFN2. The summed E-state index contributed by atoms with van der Waals surface area (Å²) in [5.74, 6) is 0.395. The third kappa shape index (κ3) is 2.99. The minimum Gasteiger partial charge on any atom is -0.370 e. The van der Waals surface area contributed by atoms with Crippen molar-refractivity contribution < 1.29 is 4.39 Å². The number of hydrogen-bond acceptors (Lipinski definition) is 2. The molecule has 0 radical (unpaired) electrons. The highest BCUT2D eigenvalue weighted by Crippen LogP contribution is 2.24. The molecule has 1 heterocycles. The van der Waals surface area contributed by atoms with Gasteiger partial charge >= 0.3 is 0 Å². The lowest BCUT2D eigenvalue weighted by atomic mass is 10.1. The van der Waals surface area contributed by atoms with E-state index < -0.39 is 0 Å². The number of benzene rings is 1. The van der Waals surface area contributed by atoms with Crippen molar-refractivity contribution >= 4 is 17.4 Å². The van der Waals surface area contributed by atoms with Gasteiger partial charge in [0.05, 0.1) is 5.69 Å². The number of hydrogen-bond donors (Lipinski definition) is 1. The van der Waals surface area contributed by atoms with E-state index in [1.165, 1.54) is 6.07 Å². The van der Waals surface area contributed by atoms with E-state index in [-0.39, 0.29) is 5.82 Å². The van der Waals surface area contributed by atoms with E-state index in [2.05, 4.69) is 17.2 Å². The molecule has 0 aliphatic heterocycles. The van der Waals surface area contributed by atoms with Crippen LogP contribution in [0.3, 0.4) is 0 Å². The van der Waals surface area contributed by atoms with Gasteiger partial charge < -0.3 is 5.32 Å². The van der Waals surface area contributed by atoms with Crippen molar-refractivity contribution in [3.63, 3.8) is 0 Å². The molecule has 1 aromatic carbocycles. The highest BCUT2D eigenvalue weighted by molar-refractivity contribution is 6.30. The van der Waals surface area contributed by atoms with Crippen LogP contribution < -0.4 is 5.32 Å². The Bertz CT molecular complexity index is 543. The molecule has 4 heteroatoms. The Hall–Kier alpha value is -1.61. The number of nitrogens with one attached hydrogen (secondary N) is 1. The van der Waals surface area contributed by atoms with Crippen LogP contribution in [0.4, 0.5) is 10.2 Å². The Morgan fingerprint density at radius 2 is 2.11 bits per heavy atom. The van der Waals surface area contributed by atoms with E-state index in [0.29, 0.717) is 16.3 Å². The highest BCUT2D eigenvalue weighted by atomic mass is 35.5. The molecule has 1 N–H and O–H groups in total. The quantitative estimate of drug-likeness (QED) is 0.887. The van der Waals surface area contributed by atoms with E-state index in [0.717, 1.165) is 18.8 Å². The second kappa shape index (κ2) is 5.83. The van der Waals surface area contributed by atoms with Crippen molar-refractivity contribution in [2.75, 3.05) is 11.9 Å². The second-order valence-corrected chi connectivity index (χ2v) is 4.40. The van der Waals surface area contributed by atoms with Crippen molar-refractivity contribution in [1.29, 1.82) is 0 Å².